The van der Waals surface area contributed by atoms with Gasteiger partial charge in [-0.1, -0.05) is 58.0 Å². The van der Waals surface area contributed by atoms with Crippen LogP contribution in [0.2, 0.25) is 0 Å². The Morgan fingerprint density at radius 3 is 1.88 bits per heavy atom. The summed E-state index contributed by atoms with van der Waals surface area (Å²) in [7, 11) is 7.31. The van der Waals surface area contributed by atoms with Gasteiger partial charge in [0.25, 0.3) is 0 Å². The van der Waals surface area contributed by atoms with Gasteiger partial charge >= 0.3 is 0 Å². The lowest BCUT2D eigenvalue weighted by molar-refractivity contribution is 1.12. The van der Waals surface area contributed by atoms with Gasteiger partial charge in [0.15, 0.2) is 0 Å². The molecule has 0 saturated carbocycles. The third-order valence-corrected chi connectivity index (χ3v) is 9.24. The number of nitrogens with two attached hydrogens (primary N) is 1. The molecule has 0 aliphatic heterocycles. The molecule has 4 aromatic rings. The van der Waals surface area contributed by atoms with Crippen LogP contribution in [0.25, 0.3) is 0 Å². The molecule has 0 saturated heterocycles. The fraction of sp³-hybridized carbons (Fsp3) is 0.212. The Balaban J connectivity index is 1.45. The maximum absolute atomic E-state index is 8.73. The first-order valence-electron chi connectivity index (χ1n) is 13.2. The number of rotatable bonds is 8. The fourth-order valence-corrected chi connectivity index (χ4v) is 6.20. The number of aliphatic imine (C=N–C) groups is 1. The van der Waals surface area contributed by atoms with Gasteiger partial charge < -0.3 is 15.5 Å². The van der Waals surface area contributed by atoms with Crippen molar-refractivity contribution in [2.24, 2.45) is 10.7 Å². The Hall–Kier alpha value is -3.68. The molecular formula is C33H37N5S2. The van der Waals surface area contributed by atoms with E-state index < -0.39 is 0 Å². The van der Waals surface area contributed by atoms with Gasteiger partial charge in [-0.25, -0.2) is 4.99 Å². The number of hydrogen-bond donors (Lipinski definition) is 2. The zero-order chi connectivity index (χ0) is 28.8. The van der Waals surface area contributed by atoms with E-state index in [1.807, 2.05) is 48.2 Å². The number of benzene rings is 4. The van der Waals surface area contributed by atoms with Gasteiger partial charge in [-0.15, -0.1) is 0 Å². The van der Waals surface area contributed by atoms with Gasteiger partial charge in [-0.2, -0.15) is 0 Å². The molecule has 0 bridgehead atoms. The molecular weight excluding hydrogens is 531 g/mol. The molecule has 0 atom stereocenters. The molecule has 5 nitrogen and oxygen atoms in total. The first-order valence-corrected chi connectivity index (χ1v) is 15.3. The van der Waals surface area contributed by atoms with Crippen molar-refractivity contribution < 1.29 is 0 Å². The molecule has 0 radical (unpaired) electrons. The normalized spacial score (nSPS) is 11.4. The van der Waals surface area contributed by atoms with E-state index in [2.05, 4.69) is 88.4 Å². The minimum absolute atomic E-state index is 0.449. The zero-order valence-electron chi connectivity index (χ0n) is 24.0. The molecule has 0 aliphatic rings. The Labute approximate surface area is 246 Å². The molecule has 4 rings (SSSR count). The van der Waals surface area contributed by atoms with Crippen molar-refractivity contribution in [3.05, 3.63) is 113 Å². The van der Waals surface area contributed by atoms with Crippen LogP contribution in [0.3, 0.4) is 0 Å². The number of hydrogen-bond acceptors (Lipinski definition) is 4. The summed E-state index contributed by atoms with van der Waals surface area (Å²) >= 11 is 0. The summed E-state index contributed by atoms with van der Waals surface area (Å²) in [4.78, 5) is 10.9. The maximum Gasteiger partial charge on any atom is 0.200 e. The van der Waals surface area contributed by atoms with Crippen LogP contribution in [-0.4, -0.2) is 25.9 Å². The van der Waals surface area contributed by atoms with Crippen LogP contribution in [0.5, 0.6) is 0 Å². The fourth-order valence-electron chi connectivity index (χ4n) is 4.21. The van der Waals surface area contributed by atoms with E-state index in [0.29, 0.717) is 18.2 Å². The Kier molecular flexibility index (Phi) is 9.61. The van der Waals surface area contributed by atoms with E-state index in [0.717, 1.165) is 38.0 Å². The lowest BCUT2D eigenvalue weighted by Crippen LogP contribution is -2.33. The molecule has 0 unspecified atom stereocenters. The standard InChI is InChI=1S/C33H37N5S2/c1-22-9-7-11-27(17-22)37(5)32(34)20-26-19-29(15-13-24(26)3)39-40-30-16-14-25(4)31(21-30)36-33(35)38(6)28-12-8-10-23(2)18-28/h7-19,21,34H,20H2,1-6H3,(H2,35,36). The third-order valence-electron chi connectivity index (χ3n) is 6.85. The summed E-state index contributed by atoms with van der Waals surface area (Å²) in [5.41, 5.74) is 15.1. The summed E-state index contributed by atoms with van der Waals surface area (Å²) in [6.07, 6.45) is 0.576. The first-order chi connectivity index (χ1) is 19.1. The number of likely N-dealkylation sites (N-methyl/N-ethyl adjacent to an activating group) is 1. The highest BCUT2D eigenvalue weighted by molar-refractivity contribution is 8.76. The Morgan fingerprint density at radius 2 is 1.27 bits per heavy atom. The van der Waals surface area contributed by atoms with Gasteiger partial charge in [0.2, 0.25) is 5.96 Å². The first kappa shape index (κ1) is 29.3. The number of amidine groups is 1. The smallest absolute Gasteiger partial charge is 0.200 e. The Morgan fingerprint density at radius 1 is 0.725 bits per heavy atom. The van der Waals surface area contributed by atoms with Gasteiger partial charge in [-0.05, 0) is 104 Å². The number of anilines is 2. The van der Waals surface area contributed by atoms with E-state index in [9.17, 15) is 0 Å². The number of guanidine groups is 1. The second kappa shape index (κ2) is 13.1. The molecule has 0 aromatic heterocycles. The average Bonchev–Trinajstić information content (AvgIpc) is 2.94. The SMILES string of the molecule is Cc1cccc(N(C)C(=N)Cc2cc(SSc3ccc(C)c(N=C(N)N(C)c4cccc(C)c4)c3)ccc2C)c1. The highest BCUT2D eigenvalue weighted by Crippen LogP contribution is 2.40. The molecule has 0 aliphatic carbocycles. The largest absolute Gasteiger partial charge is 0.369 e. The van der Waals surface area contributed by atoms with E-state index >= 15 is 0 Å². The Bertz CT molecular complexity index is 1550. The van der Waals surface area contributed by atoms with E-state index in [-0.39, 0.29) is 0 Å². The lowest BCUT2D eigenvalue weighted by Gasteiger charge is -2.21. The lowest BCUT2D eigenvalue weighted by atomic mass is 10.0. The van der Waals surface area contributed by atoms with Gasteiger partial charge in [0, 0.05) is 41.7 Å². The summed E-state index contributed by atoms with van der Waals surface area (Å²) in [6.45, 7) is 8.30. The summed E-state index contributed by atoms with van der Waals surface area (Å²) < 4.78 is 0. The van der Waals surface area contributed by atoms with E-state index in [1.165, 1.54) is 16.7 Å². The molecule has 3 N–H and O–H groups in total. The van der Waals surface area contributed by atoms with Crippen molar-refractivity contribution in [2.75, 3.05) is 23.9 Å². The van der Waals surface area contributed by atoms with Crippen molar-refractivity contribution >= 4 is 50.4 Å². The molecule has 0 spiro atoms. The topological polar surface area (TPSA) is 68.7 Å². The van der Waals surface area contributed by atoms with Crippen LogP contribution in [0, 0.1) is 33.1 Å². The van der Waals surface area contributed by atoms with Crippen LogP contribution in [-0.2, 0) is 6.42 Å². The number of aryl methyl sites for hydroxylation is 4. The van der Waals surface area contributed by atoms with Crippen LogP contribution in [0.15, 0.2) is 99.7 Å². The third kappa shape index (κ3) is 7.49. The molecule has 0 fully saturated rings. The van der Waals surface area contributed by atoms with Crippen LogP contribution in [0.1, 0.15) is 27.8 Å². The van der Waals surface area contributed by atoms with Crippen molar-refractivity contribution in [3.8, 4) is 0 Å². The van der Waals surface area contributed by atoms with Crippen molar-refractivity contribution in [1.29, 1.82) is 5.41 Å². The number of nitrogens with zero attached hydrogens (tertiary/aromatic N) is 3. The van der Waals surface area contributed by atoms with Crippen molar-refractivity contribution in [3.63, 3.8) is 0 Å². The summed E-state index contributed by atoms with van der Waals surface area (Å²) in [5, 5.41) is 8.73. The molecule has 40 heavy (non-hydrogen) atoms. The molecule has 0 heterocycles. The van der Waals surface area contributed by atoms with E-state index in [1.54, 1.807) is 21.6 Å². The highest BCUT2D eigenvalue weighted by atomic mass is 33.1. The van der Waals surface area contributed by atoms with Crippen LogP contribution in [0.4, 0.5) is 17.1 Å². The van der Waals surface area contributed by atoms with Crippen molar-refractivity contribution in [2.45, 2.75) is 43.9 Å². The highest BCUT2D eigenvalue weighted by Gasteiger charge is 2.12. The van der Waals surface area contributed by atoms with Crippen LogP contribution < -0.4 is 15.5 Å². The molecule has 7 heteroatoms. The maximum atomic E-state index is 8.73. The molecule has 206 valence electrons. The van der Waals surface area contributed by atoms with Crippen molar-refractivity contribution in [1.82, 2.24) is 0 Å². The van der Waals surface area contributed by atoms with Gasteiger partial charge in [-0.3, -0.25) is 5.41 Å². The van der Waals surface area contributed by atoms with Gasteiger partial charge in [0.05, 0.1) is 5.69 Å². The molecule has 4 aromatic carbocycles. The zero-order valence-corrected chi connectivity index (χ0v) is 25.7. The molecule has 0 amide bonds. The summed E-state index contributed by atoms with van der Waals surface area (Å²) in [6, 6.07) is 29.3. The quantitative estimate of drug-likeness (QED) is 0.127. The predicted molar refractivity (Wildman–Crippen MR) is 176 cm³/mol. The predicted octanol–water partition coefficient (Wildman–Crippen LogP) is 8.46. The second-order valence-corrected chi connectivity index (χ2v) is 12.4. The second-order valence-electron chi connectivity index (χ2n) is 10.1. The number of nitrogens with one attached hydrogen (secondary N) is 1. The summed E-state index contributed by atoms with van der Waals surface area (Å²) in [5.74, 6) is 1.02. The van der Waals surface area contributed by atoms with Gasteiger partial charge in [0.1, 0.15) is 5.84 Å². The monoisotopic (exact) mass is 567 g/mol. The minimum Gasteiger partial charge on any atom is -0.369 e. The van der Waals surface area contributed by atoms with Crippen LogP contribution >= 0.6 is 21.6 Å². The average molecular weight is 568 g/mol. The van der Waals surface area contributed by atoms with E-state index in [4.69, 9.17) is 16.1 Å². The minimum atomic E-state index is 0.449.